The summed E-state index contributed by atoms with van der Waals surface area (Å²) in [6.07, 6.45) is -3.01. The van der Waals surface area contributed by atoms with Crippen molar-refractivity contribution >= 4 is 17.5 Å². The molecule has 1 fully saturated rings. The number of aliphatic hydroxyl groups excluding tert-OH is 1. The van der Waals surface area contributed by atoms with Crippen LogP contribution in [0.5, 0.6) is 0 Å². The lowest BCUT2D eigenvalue weighted by Crippen LogP contribution is -2.40. The van der Waals surface area contributed by atoms with E-state index in [1.807, 2.05) is 12.1 Å². The van der Waals surface area contributed by atoms with E-state index in [1.54, 1.807) is 21.7 Å². The zero-order chi connectivity index (χ0) is 31.9. The Labute approximate surface area is 263 Å². The highest BCUT2D eigenvalue weighted by atomic mass is 35.5. The van der Waals surface area contributed by atoms with E-state index in [4.69, 9.17) is 21.2 Å². The van der Waals surface area contributed by atoms with Gasteiger partial charge in [0.2, 0.25) is 17.6 Å². The largest absolute Gasteiger partial charge is 0.416 e. The predicted octanol–water partition coefficient (Wildman–Crippen LogP) is 5.73. The van der Waals surface area contributed by atoms with Crippen LogP contribution in [0.1, 0.15) is 54.0 Å². The van der Waals surface area contributed by atoms with Crippen molar-refractivity contribution in [1.29, 1.82) is 0 Å². The van der Waals surface area contributed by atoms with Gasteiger partial charge in [0.25, 0.3) is 0 Å². The number of aryl methyl sites for hydroxylation is 1. The van der Waals surface area contributed by atoms with Gasteiger partial charge in [-0.15, -0.1) is 0 Å². The van der Waals surface area contributed by atoms with Crippen LogP contribution in [-0.2, 0) is 30.5 Å². The number of likely N-dealkylation sites (tertiary alicyclic amines) is 1. The quantitative estimate of drug-likeness (QED) is 0.275. The van der Waals surface area contributed by atoms with Gasteiger partial charge >= 0.3 is 6.18 Å². The third-order valence-electron chi connectivity index (χ3n) is 8.72. The molecule has 45 heavy (non-hydrogen) atoms. The second kappa shape index (κ2) is 12.6. The minimum Gasteiger partial charge on any atom is -0.390 e. The summed E-state index contributed by atoms with van der Waals surface area (Å²) in [5.74, 6) is 1.19. The van der Waals surface area contributed by atoms with Crippen LogP contribution in [-0.4, -0.2) is 73.0 Å². The SMILES string of the molecule is CC(=O)N1CCc2c(c(-c3ccc(C(F)(F)F)c(C)c3)nn2CC(O)CN2CCC(c3nc(-c4ccc(Cl)cc4)no3)CC2)C1. The maximum absolute atomic E-state index is 13.4. The van der Waals surface area contributed by atoms with Crippen LogP contribution in [0, 0.1) is 6.92 Å². The lowest BCUT2D eigenvalue weighted by atomic mass is 9.96. The summed E-state index contributed by atoms with van der Waals surface area (Å²) in [6.45, 7) is 5.94. The maximum atomic E-state index is 13.4. The van der Waals surface area contributed by atoms with Crippen LogP contribution < -0.4 is 0 Å². The Morgan fingerprint density at radius 3 is 2.47 bits per heavy atom. The summed E-state index contributed by atoms with van der Waals surface area (Å²) in [7, 11) is 0. The van der Waals surface area contributed by atoms with Crippen molar-refractivity contribution in [1.82, 2.24) is 29.7 Å². The number of fused-ring (bicyclic) bond motifs is 1. The third-order valence-corrected chi connectivity index (χ3v) is 8.97. The van der Waals surface area contributed by atoms with E-state index in [-0.39, 0.29) is 23.9 Å². The molecule has 2 aromatic carbocycles. The summed E-state index contributed by atoms with van der Waals surface area (Å²) in [5, 5.41) is 20.7. The van der Waals surface area contributed by atoms with Crippen LogP contribution in [0.2, 0.25) is 5.02 Å². The first-order chi connectivity index (χ1) is 21.5. The molecule has 1 atom stereocenters. The Morgan fingerprint density at radius 2 is 1.80 bits per heavy atom. The zero-order valence-electron chi connectivity index (χ0n) is 25.0. The van der Waals surface area contributed by atoms with Gasteiger partial charge < -0.3 is 19.4 Å². The van der Waals surface area contributed by atoms with Gasteiger partial charge in [0.1, 0.15) is 0 Å². The number of aromatic nitrogens is 4. The Kier molecular flexibility index (Phi) is 8.73. The van der Waals surface area contributed by atoms with Crippen LogP contribution >= 0.6 is 11.6 Å². The number of benzene rings is 2. The normalized spacial score (nSPS) is 17.0. The van der Waals surface area contributed by atoms with Crippen LogP contribution in [0.4, 0.5) is 13.2 Å². The molecule has 1 saturated heterocycles. The number of hydrogen-bond acceptors (Lipinski definition) is 7. The van der Waals surface area contributed by atoms with Gasteiger partial charge in [0.15, 0.2) is 0 Å². The fourth-order valence-corrected chi connectivity index (χ4v) is 6.43. The minimum absolute atomic E-state index is 0.0758. The van der Waals surface area contributed by atoms with Gasteiger partial charge in [-0.25, -0.2) is 0 Å². The highest BCUT2D eigenvalue weighted by molar-refractivity contribution is 6.30. The Morgan fingerprint density at radius 1 is 1.09 bits per heavy atom. The van der Waals surface area contributed by atoms with Crippen molar-refractivity contribution in [2.45, 2.75) is 64.4 Å². The van der Waals surface area contributed by atoms with Gasteiger partial charge in [0, 0.05) is 66.3 Å². The molecule has 0 saturated carbocycles. The summed E-state index contributed by atoms with van der Waals surface area (Å²) < 4.78 is 47.6. The van der Waals surface area contributed by atoms with Crippen molar-refractivity contribution in [3.05, 3.63) is 75.8 Å². The molecule has 13 heteroatoms. The molecule has 238 valence electrons. The van der Waals surface area contributed by atoms with E-state index in [9.17, 15) is 23.1 Å². The number of aliphatic hydroxyl groups is 1. The molecule has 0 bridgehead atoms. The smallest absolute Gasteiger partial charge is 0.390 e. The van der Waals surface area contributed by atoms with E-state index < -0.39 is 17.8 Å². The van der Waals surface area contributed by atoms with Gasteiger partial charge in [-0.2, -0.15) is 23.3 Å². The van der Waals surface area contributed by atoms with Crippen LogP contribution in [0.3, 0.4) is 0 Å². The first-order valence-corrected chi connectivity index (χ1v) is 15.4. The summed E-state index contributed by atoms with van der Waals surface area (Å²) in [5.41, 5.74) is 3.04. The van der Waals surface area contributed by atoms with Gasteiger partial charge in [-0.3, -0.25) is 9.48 Å². The van der Waals surface area contributed by atoms with Crippen molar-refractivity contribution in [2.75, 3.05) is 26.2 Å². The number of carbonyl (C=O) groups excluding carboxylic acids is 1. The van der Waals surface area contributed by atoms with E-state index in [1.165, 1.54) is 26.0 Å². The van der Waals surface area contributed by atoms with E-state index >= 15 is 0 Å². The molecule has 1 unspecified atom stereocenters. The maximum Gasteiger partial charge on any atom is 0.416 e. The monoisotopic (exact) mass is 642 g/mol. The highest BCUT2D eigenvalue weighted by Crippen LogP contribution is 2.36. The van der Waals surface area contributed by atoms with Gasteiger partial charge in [-0.1, -0.05) is 22.8 Å². The standard InChI is InChI=1S/C32H34ClF3N6O3/c1-19-15-23(5-8-27(19)32(34,35)36)29-26-18-41(20(2)43)14-11-28(26)42(38-29)17-25(44)16-40-12-9-22(10-13-40)31-37-30(39-45-31)21-3-6-24(33)7-4-21/h3-8,15,22,25,44H,9-14,16-18H2,1-2H3. The molecule has 4 aromatic rings. The van der Waals surface area contributed by atoms with Gasteiger partial charge in [-0.05, 0) is 74.8 Å². The Balaban J connectivity index is 1.12. The number of β-amino-alcohol motifs (C(OH)–C–C–N with tert-alkyl or cyclic N) is 1. The number of nitrogens with zero attached hydrogens (tertiary/aromatic N) is 6. The lowest BCUT2D eigenvalue weighted by molar-refractivity contribution is -0.138. The first kappa shape index (κ1) is 31.3. The molecule has 1 amide bonds. The number of rotatable bonds is 7. The number of amides is 1. The number of carbonyl (C=O) groups is 1. The second-order valence-corrected chi connectivity index (χ2v) is 12.3. The molecule has 0 aliphatic carbocycles. The molecule has 6 rings (SSSR count). The zero-order valence-corrected chi connectivity index (χ0v) is 25.8. The highest BCUT2D eigenvalue weighted by Gasteiger charge is 2.34. The lowest BCUT2D eigenvalue weighted by Gasteiger charge is -2.32. The molecule has 2 aromatic heterocycles. The van der Waals surface area contributed by atoms with E-state index in [2.05, 4.69) is 15.0 Å². The average Bonchev–Trinajstić information content (AvgIpc) is 3.63. The van der Waals surface area contributed by atoms with E-state index in [0.29, 0.717) is 54.1 Å². The second-order valence-electron chi connectivity index (χ2n) is 11.9. The molecule has 1 N–H and O–H groups in total. The van der Waals surface area contributed by atoms with Gasteiger partial charge in [0.05, 0.1) is 23.9 Å². The fraction of sp³-hybridized carbons (Fsp3) is 0.438. The number of alkyl halides is 3. The van der Waals surface area contributed by atoms with Crippen LogP contribution in [0.25, 0.3) is 22.6 Å². The Bertz CT molecular complexity index is 1680. The molecular formula is C32H34ClF3N6O3. The molecule has 2 aliphatic heterocycles. The third kappa shape index (κ3) is 6.78. The number of halogens is 4. The molecule has 9 nitrogen and oxygen atoms in total. The number of piperidine rings is 1. The van der Waals surface area contributed by atoms with E-state index in [0.717, 1.165) is 48.8 Å². The van der Waals surface area contributed by atoms with Crippen molar-refractivity contribution in [2.24, 2.45) is 0 Å². The average molecular weight is 643 g/mol. The molecule has 2 aliphatic rings. The number of hydrogen-bond donors (Lipinski definition) is 1. The summed E-state index contributed by atoms with van der Waals surface area (Å²) in [4.78, 5) is 20.7. The minimum atomic E-state index is -4.45. The van der Waals surface area contributed by atoms with Crippen LogP contribution in [0.15, 0.2) is 47.0 Å². The fourth-order valence-electron chi connectivity index (χ4n) is 6.31. The summed E-state index contributed by atoms with van der Waals surface area (Å²) >= 11 is 5.98. The molecule has 4 heterocycles. The summed E-state index contributed by atoms with van der Waals surface area (Å²) in [6, 6.07) is 11.3. The molecule has 0 radical (unpaired) electrons. The molecule has 0 spiro atoms. The molecular weight excluding hydrogens is 609 g/mol. The van der Waals surface area contributed by atoms with Crippen molar-refractivity contribution in [3.63, 3.8) is 0 Å². The van der Waals surface area contributed by atoms with Crippen molar-refractivity contribution in [3.8, 4) is 22.6 Å². The first-order valence-electron chi connectivity index (χ1n) is 15.0. The topological polar surface area (TPSA) is 101 Å². The predicted molar refractivity (Wildman–Crippen MR) is 161 cm³/mol. The Hall–Kier alpha value is -3.74. The van der Waals surface area contributed by atoms with Crippen molar-refractivity contribution < 1.29 is 27.6 Å².